The molecule has 1 aliphatic heterocycles. The van der Waals surface area contributed by atoms with Crippen molar-refractivity contribution in [3.8, 4) is 0 Å². The van der Waals surface area contributed by atoms with Crippen LogP contribution in [0.5, 0.6) is 0 Å². The van der Waals surface area contributed by atoms with Gasteiger partial charge in [-0.15, -0.1) is 0 Å². The number of rotatable bonds is 1. The van der Waals surface area contributed by atoms with Gasteiger partial charge in [0, 0.05) is 10.6 Å². The van der Waals surface area contributed by atoms with Gasteiger partial charge >= 0.3 is 0 Å². The third kappa shape index (κ3) is 4.53. The first kappa shape index (κ1) is 21.1. The second-order valence-corrected chi connectivity index (χ2v) is 7.55. The fourth-order valence-corrected chi connectivity index (χ4v) is 3.73. The van der Waals surface area contributed by atoms with Crippen LogP contribution in [0.4, 0.5) is 11.4 Å². The summed E-state index contributed by atoms with van der Waals surface area (Å²) in [7, 11) is 0. The summed E-state index contributed by atoms with van der Waals surface area (Å²) >= 11 is 28.6. The average molecular weight is 451 g/mol. The van der Waals surface area contributed by atoms with E-state index in [2.05, 4.69) is 10.6 Å². The van der Waals surface area contributed by atoms with Crippen LogP contribution in [0.15, 0.2) is 24.3 Å². The molecule has 1 heterocycles. The van der Waals surface area contributed by atoms with E-state index in [0.717, 1.165) is 11.3 Å². The van der Waals surface area contributed by atoms with Crippen LogP contribution in [0.3, 0.4) is 0 Å². The Labute approximate surface area is 176 Å². The molecule has 138 valence electrons. The molecule has 9 heteroatoms. The van der Waals surface area contributed by atoms with Gasteiger partial charge in [-0.05, 0) is 50.3 Å². The van der Waals surface area contributed by atoms with E-state index in [9.17, 15) is 4.79 Å². The molecule has 0 radical (unpaired) electrons. The van der Waals surface area contributed by atoms with E-state index < -0.39 is 0 Å². The highest BCUT2D eigenvalue weighted by atomic mass is 35.5. The zero-order valence-corrected chi connectivity index (χ0v) is 17.6. The fraction of sp³-hybridized carbons (Fsp3) is 0.176. The van der Waals surface area contributed by atoms with E-state index in [1.54, 1.807) is 24.3 Å². The second kappa shape index (κ2) is 8.63. The number of nitrogens with two attached hydrogens (primary N) is 1. The molecule has 0 saturated heterocycles. The number of hydrogen-bond donors (Lipinski definition) is 3. The molecule has 0 spiro atoms. The molecule has 0 amide bonds. The highest BCUT2D eigenvalue weighted by Gasteiger charge is 2.23. The summed E-state index contributed by atoms with van der Waals surface area (Å²) in [5.74, 6) is -0.181. The summed E-state index contributed by atoms with van der Waals surface area (Å²) in [6.45, 7) is 3.39. The Balaban J connectivity index is 0.000000190. The molecule has 1 unspecified atom stereocenters. The number of ketones is 1. The zero-order valence-electron chi connectivity index (χ0n) is 13.8. The van der Waals surface area contributed by atoms with Crippen molar-refractivity contribution in [2.24, 2.45) is 0 Å². The Morgan fingerprint density at radius 3 is 2.15 bits per heavy atom. The lowest BCUT2D eigenvalue weighted by molar-refractivity contribution is 0.101. The lowest BCUT2D eigenvalue weighted by atomic mass is 10.0. The van der Waals surface area contributed by atoms with Crippen LogP contribution in [0, 0.1) is 0 Å². The predicted octanol–water partition coefficient (Wildman–Crippen LogP) is 6.13. The number of nitrogens with one attached hydrogen (secondary N) is 2. The number of carbonyl (C=O) groups is 1. The summed E-state index contributed by atoms with van der Waals surface area (Å²) in [5.41, 5.74) is 7.87. The van der Waals surface area contributed by atoms with E-state index in [1.165, 1.54) is 6.92 Å². The molecule has 2 aromatic rings. The smallest absolute Gasteiger partial charge is 0.171 e. The normalized spacial score (nSPS) is 15.2. The first-order chi connectivity index (χ1) is 12.1. The van der Waals surface area contributed by atoms with Crippen molar-refractivity contribution in [1.82, 2.24) is 5.32 Å². The van der Waals surface area contributed by atoms with Crippen LogP contribution in [0.2, 0.25) is 20.1 Å². The maximum absolute atomic E-state index is 11.0. The number of halogens is 4. The van der Waals surface area contributed by atoms with Crippen LogP contribution in [0.1, 0.15) is 35.8 Å². The molecule has 2 aromatic carbocycles. The molecule has 1 atom stereocenters. The number of nitrogen functional groups attached to an aromatic ring is 1. The van der Waals surface area contributed by atoms with Gasteiger partial charge in [0.15, 0.2) is 10.9 Å². The van der Waals surface area contributed by atoms with Crippen LogP contribution in [0.25, 0.3) is 0 Å². The summed E-state index contributed by atoms with van der Waals surface area (Å²) in [6, 6.07) is 6.75. The van der Waals surface area contributed by atoms with Gasteiger partial charge in [-0.3, -0.25) is 4.79 Å². The molecule has 0 saturated carbocycles. The van der Waals surface area contributed by atoms with Crippen molar-refractivity contribution < 1.29 is 4.79 Å². The van der Waals surface area contributed by atoms with Gasteiger partial charge in [-0.25, -0.2) is 0 Å². The SMILES string of the molecule is CC(=O)c1c(Cl)ccc(Cl)c1N.CC1NC(=S)Nc2c(Cl)ccc(Cl)c21. The van der Waals surface area contributed by atoms with Crippen molar-refractivity contribution in [2.75, 3.05) is 11.1 Å². The highest BCUT2D eigenvalue weighted by molar-refractivity contribution is 7.80. The molecular formula is C17H15Cl4N3OS. The first-order valence-electron chi connectivity index (χ1n) is 7.43. The zero-order chi connectivity index (χ0) is 19.6. The monoisotopic (exact) mass is 449 g/mol. The predicted molar refractivity (Wildman–Crippen MR) is 115 cm³/mol. The summed E-state index contributed by atoms with van der Waals surface area (Å²) in [5, 5.41) is 8.68. The molecule has 0 aromatic heterocycles. The molecule has 0 bridgehead atoms. The lowest BCUT2D eigenvalue weighted by Gasteiger charge is -2.28. The Morgan fingerprint density at radius 2 is 1.58 bits per heavy atom. The average Bonchev–Trinajstić information content (AvgIpc) is 2.55. The Hall–Kier alpha value is -1.24. The van der Waals surface area contributed by atoms with Crippen molar-refractivity contribution >= 4 is 80.9 Å². The van der Waals surface area contributed by atoms with Gasteiger partial charge in [-0.2, -0.15) is 0 Å². The minimum atomic E-state index is -0.181. The highest BCUT2D eigenvalue weighted by Crippen LogP contribution is 2.38. The maximum Gasteiger partial charge on any atom is 0.171 e. The third-order valence-electron chi connectivity index (χ3n) is 3.65. The quantitative estimate of drug-likeness (QED) is 0.277. The Kier molecular flexibility index (Phi) is 6.99. The lowest BCUT2D eigenvalue weighted by Crippen LogP contribution is -2.36. The standard InChI is InChI=1S/C9H8Cl2N2S.C8H7Cl2NO/c1-4-7-5(10)2-3-6(11)8(7)13-9(14)12-4;1-4(12)7-5(9)2-3-6(10)8(7)11/h2-4H,1H3,(H2,12,13,14);2-3H,11H2,1H3. The largest absolute Gasteiger partial charge is 0.397 e. The van der Waals surface area contributed by atoms with Crippen molar-refractivity contribution in [3.05, 3.63) is 55.5 Å². The van der Waals surface area contributed by atoms with Crippen LogP contribution in [-0.2, 0) is 0 Å². The topological polar surface area (TPSA) is 67.2 Å². The minimum Gasteiger partial charge on any atom is -0.397 e. The number of Topliss-reactive ketones (excluding diaryl/α,β-unsaturated/α-hetero) is 1. The number of carbonyl (C=O) groups excluding carboxylic acids is 1. The minimum absolute atomic E-state index is 0.0879. The van der Waals surface area contributed by atoms with Gasteiger partial charge in [0.25, 0.3) is 0 Å². The molecule has 26 heavy (non-hydrogen) atoms. The number of benzene rings is 2. The number of hydrogen-bond acceptors (Lipinski definition) is 3. The van der Waals surface area contributed by atoms with Gasteiger partial charge in [0.1, 0.15) is 0 Å². The number of thiocarbonyl (C=S) groups is 1. The molecule has 3 rings (SSSR count). The molecule has 1 aliphatic rings. The molecular weight excluding hydrogens is 436 g/mol. The van der Waals surface area contributed by atoms with Gasteiger partial charge in [0.2, 0.25) is 0 Å². The molecule has 4 N–H and O–H groups in total. The Bertz CT molecular complexity index is 889. The molecule has 4 nitrogen and oxygen atoms in total. The summed E-state index contributed by atoms with van der Waals surface area (Å²) in [4.78, 5) is 11.0. The van der Waals surface area contributed by atoms with E-state index in [-0.39, 0.29) is 17.5 Å². The first-order valence-corrected chi connectivity index (χ1v) is 9.35. The van der Waals surface area contributed by atoms with E-state index in [4.69, 9.17) is 64.4 Å². The van der Waals surface area contributed by atoms with Gasteiger partial charge in [0.05, 0.1) is 38.0 Å². The van der Waals surface area contributed by atoms with E-state index in [0.29, 0.717) is 30.8 Å². The molecule has 0 aliphatic carbocycles. The molecule has 0 fully saturated rings. The maximum atomic E-state index is 11.0. The van der Waals surface area contributed by atoms with Gasteiger partial charge in [-0.1, -0.05) is 46.4 Å². The van der Waals surface area contributed by atoms with E-state index in [1.807, 2.05) is 6.92 Å². The van der Waals surface area contributed by atoms with E-state index >= 15 is 0 Å². The van der Waals surface area contributed by atoms with Crippen LogP contribution in [-0.4, -0.2) is 10.9 Å². The van der Waals surface area contributed by atoms with Crippen molar-refractivity contribution in [1.29, 1.82) is 0 Å². The second-order valence-electron chi connectivity index (χ2n) is 5.51. The Morgan fingerprint density at radius 1 is 1.04 bits per heavy atom. The summed E-state index contributed by atoms with van der Waals surface area (Å²) in [6.07, 6.45) is 0. The fourth-order valence-electron chi connectivity index (χ4n) is 2.46. The van der Waals surface area contributed by atoms with Crippen LogP contribution >= 0.6 is 58.6 Å². The van der Waals surface area contributed by atoms with Crippen molar-refractivity contribution in [3.63, 3.8) is 0 Å². The van der Waals surface area contributed by atoms with Gasteiger partial charge < -0.3 is 16.4 Å². The third-order valence-corrected chi connectivity index (χ3v) is 5.16. The number of fused-ring (bicyclic) bond motifs is 1. The number of anilines is 2. The van der Waals surface area contributed by atoms with Crippen molar-refractivity contribution in [2.45, 2.75) is 19.9 Å². The van der Waals surface area contributed by atoms with Crippen LogP contribution < -0.4 is 16.4 Å². The summed E-state index contributed by atoms with van der Waals surface area (Å²) < 4.78 is 0.